The van der Waals surface area contributed by atoms with Crippen molar-refractivity contribution in [1.29, 1.82) is 0 Å². The summed E-state index contributed by atoms with van der Waals surface area (Å²) in [6.07, 6.45) is 2.24. The van der Waals surface area contributed by atoms with E-state index in [0.29, 0.717) is 13.0 Å². The van der Waals surface area contributed by atoms with Gasteiger partial charge in [-0.05, 0) is 39.2 Å². The summed E-state index contributed by atoms with van der Waals surface area (Å²) in [5, 5.41) is 3.07. The van der Waals surface area contributed by atoms with Crippen LogP contribution in [0, 0.1) is 6.92 Å². The highest BCUT2D eigenvalue weighted by Gasteiger charge is 2.53. The number of carbonyl (C=O) groups is 2. The van der Waals surface area contributed by atoms with E-state index in [-0.39, 0.29) is 23.9 Å². The molecule has 1 N–H and O–H groups in total. The fourth-order valence-corrected chi connectivity index (χ4v) is 3.83. The van der Waals surface area contributed by atoms with E-state index < -0.39 is 5.41 Å². The molecule has 0 radical (unpaired) electrons. The minimum Gasteiger partial charge on any atom is -0.353 e. The van der Waals surface area contributed by atoms with E-state index >= 15 is 0 Å². The molecule has 0 unspecified atom stereocenters. The third-order valence-corrected chi connectivity index (χ3v) is 4.90. The lowest BCUT2D eigenvalue weighted by Crippen LogP contribution is -2.49. The van der Waals surface area contributed by atoms with Gasteiger partial charge in [-0.25, -0.2) is 0 Å². The van der Waals surface area contributed by atoms with Gasteiger partial charge in [-0.15, -0.1) is 0 Å². The summed E-state index contributed by atoms with van der Waals surface area (Å²) < 4.78 is 0. The molecule has 2 heterocycles. The number of aryl methyl sites for hydroxylation is 1. The molecular weight excluding hydrogens is 276 g/mol. The van der Waals surface area contributed by atoms with Gasteiger partial charge in [-0.3, -0.25) is 9.59 Å². The van der Waals surface area contributed by atoms with Crippen LogP contribution in [-0.4, -0.2) is 35.3 Å². The normalized spacial score (nSPS) is 27.4. The lowest BCUT2D eigenvalue weighted by atomic mass is 9.76. The van der Waals surface area contributed by atoms with Crippen LogP contribution in [0.2, 0.25) is 0 Å². The zero-order valence-electron chi connectivity index (χ0n) is 13.6. The van der Waals surface area contributed by atoms with E-state index in [1.165, 1.54) is 0 Å². The molecule has 0 bridgehead atoms. The molecule has 0 saturated carbocycles. The van der Waals surface area contributed by atoms with Gasteiger partial charge >= 0.3 is 0 Å². The molecule has 4 nitrogen and oxygen atoms in total. The summed E-state index contributed by atoms with van der Waals surface area (Å²) in [4.78, 5) is 27.0. The molecule has 1 aromatic carbocycles. The van der Waals surface area contributed by atoms with Crippen LogP contribution in [0.15, 0.2) is 24.3 Å². The van der Waals surface area contributed by atoms with Crippen molar-refractivity contribution in [3.05, 3.63) is 35.4 Å². The Kier molecular flexibility index (Phi) is 3.71. The van der Waals surface area contributed by atoms with Crippen LogP contribution < -0.4 is 5.32 Å². The third kappa shape index (κ3) is 2.40. The maximum atomic E-state index is 13.0. The molecular formula is C18H24N2O2. The highest BCUT2D eigenvalue weighted by Crippen LogP contribution is 2.43. The number of nitrogens with zero attached hydrogens (tertiary/aromatic N) is 1. The molecule has 2 aliphatic heterocycles. The summed E-state index contributed by atoms with van der Waals surface area (Å²) >= 11 is 0. The van der Waals surface area contributed by atoms with Crippen LogP contribution in [-0.2, 0) is 15.0 Å². The maximum absolute atomic E-state index is 13.0. The molecule has 2 saturated heterocycles. The van der Waals surface area contributed by atoms with E-state index in [9.17, 15) is 9.59 Å². The summed E-state index contributed by atoms with van der Waals surface area (Å²) in [5.41, 5.74) is 1.58. The van der Waals surface area contributed by atoms with Crippen molar-refractivity contribution in [1.82, 2.24) is 10.2 Å². The van der Waals surface area contributed by atoms with Gasteiger partial charge in [0, 0.05) is 25.0 Å². The van der Waals surface area contributed by atoms with Gasteiger partial charge < -0.3 is 10.2 Å². The van der Waals surface area contributed by atoms with Gasteiger partial charge in [-0.1, -0.05) is 29.8 Å². The Balaban J connectivity index is 2.00. The Bertz CT molecular complexity index is 611. The number of carbonyl (C=O) groups excluding carboxylic acids is 2. The third-order valence-electron chi connectivity index (χ3n) is 4.90. The first-order valence-corrected chi connectivity index (χ1v) is 8.10. The van der Waals surface area contributed by atoms with Gasteiger partial charge in [0.2, 0.25) is 11.8 Å². The molecule has 2 fully saturated rings. The number of rotatable bonds is 3. The second-order valence-corrected chi connectivity index (χ2v) is 7.00. The van der Waals surface area contributed by atoms with E-state index in [0.717, 1.165) is 24.0 Å². The Morgan fingerprint density at radius 3 is 2.82 bits per heavy atom. The number of amides is 2. The van der Waals surface area contributed by atoms with E-state index in [2.05, 4.69) is 11.4 Å². The number of hydrogen-bond donors (Lipinski definition) is 1. The van der Waals surface area contributed by atoms with Crippen LogP contribution in [0.1, 0.15) is 44.2 Å². The van der Waals surface area contributed by atoms with Crippen molar-refractivity contribution in [3.8, 4) is 0 Å². The van der Waals surface area contributed by atoms with Gasteiger partial charge in [0.25, 0.3) is 0 Å². The summed E-state index contributed by atoms with van der Waals surface area (Å²) in [7, 11) is 0. The number of fused-ring (bicyclic) bond motifs is 1. The topological polar surface area (TPSA) is 49.4 Å². The predicted molar refractivity (Wildman–Crippen MR) is 85.5 cm³/mol. The van der Waals surface area contributed by atoms with Gasteiger partial charge in [0.05, 0.1) is 5.41 Å². The van der Waals surface area contributed by atoms with E-state index in [1.807, 2.05) is 43.9 Å². The minimum atomic E-state index is -0.600. The van der Waals surface area contributed by atoms with Crippen LogP contribution in [0.4, 0.5) is 0 Å². The first-order valence-electron chi connectivity index (χ1n) is 8.10. The van der Waals surface area contributed by atoms with E-state index in [4.69, 9.17) is 0 Å². The van der Waals surface area contributed by atoms with Crippen molar-refractivity contribution in [2.24, 2.45) is 0 Å². The van der Waals surface area contributed by atoms with Crippen molar-refractivity contribution in [3.63, 3.8) is 0 Å². The van der Waals surface area contributed by atoms with Crippen LogP contribution >= 0.6 is 0 Å². The molecule has 1 aromatic rings. The molecule has 4 heteroatoms. The van der Waals surface area contributed by atoms with Gasteiger partial charge in [0.15, 0.2) is 0 Å². The zero-order valence-corrected chi connectivity index (χ0v) is 13.6. The molecule has 0 aliphatic carbocycles. The van der Waals surface area contributed by atoms with Crippen molar-refractivity contribution >= 4 is 11.8 Å². The number of nitrogens with one attached hydrogen (secondary N) is 1. The van der Waals surface area contributed by atoms with Crippen LogP contribution in [0.5, 0.6) is 0 Å². The Morgan fingerprint density at radius 2 is 2.18 bits per heavy atom. The second-order valence-electron chi connectivity index (χ2n) is 7.00. The SMILES string of the molecule is Cc1cccc([C@]2(C(=O)NC(C)C)C[C@@H]3CCC(=O)N3C2)c1. The zero-order chi connectivity index (χ0) is 15.9. The summed E-state index contributed by atoms with van der Waals surface area (Å²) in [6.45, 7) is 6.50. The summed E-state index contributed by atoms with van der Waals surface area (Å²) in [6, 6.07) is 8.47. The predicted octanol–water partition coefficient (Wildman–Crippen LogP) is 2.15. The minimum absolute atomic E-state index is 0.0512. The lowest BCUT2D eigenvalue weighted by molar-refractivity contribution is -0.129. The lowest BCUT2D eigenvalue weighted by Gasteiger charge is -2.30. The van der Waals surface area contributed by atoms with Gasteiger partial charge in [-0.2, -0.15) is 0 Å². The van der Waals surface area contributed by atoms with Crippen molar-refractivity contribution in [2.75, 3.05) is 6.54 Å². The highest BCUT2D eigenvalue weighted by atomic mass is 16.2. The second kappa shape index (κ2) is 5.41. The van der Waals surface area contributed by atoms with Crippen molar-refractivity contribution in [2.45, 2.75) is 57.5 Å². The van der Waals surface area contributed by atoms with Crippen LogP contribution in [0.3, 0.4) is 0 Å². The average Bonchev–Trinajstić information content (AvgIpc) is 2.99. The molecule has 2 amide bonds. The Labute approximate surface area is 131 Å². The fraction of sp³-hybridized carbons (Fsp3) is 0.556. The van der Waals surface area contributed by atoms with Crippen LogP contribution in [0.25, 0.3) is 0 Å². The largest absolute Gasteiger partial charge is 0.353 e. The smallest absolute Gasteiger partial charge is 0.232 e. The highest BCUT2D eigenvalue weighted by molar-refractivity contribution is 5.91. The summed E-state index contributed by atoms with van der Waals surface area (Å²) in [5.74, 6) is 0.243. The standard InChI is InChI=1S/C18H24N2O2/c1-12(2)19-17(22)18(14-6-4-5-13(3)9-14)10-15-7-8-16(21)20(15)11-18/h4-6,9,12,15H,7-8,10-11H2,1-3H3,(H,19,22)/t15-,18-/m0/s1. The molecule has 0 spiro atoms. The Hall–Kier alpha value is -1.84. The molecule has 22 heavy (non-hydrogen) atoms. The Morgan fingerprint density at radius 1 is 1.41 bits per heavy atom. The fourth-order valence-electron chi connectivity index (χ4n) is 3.83. The first-order chi connectivity index (χ1) is 10.4. The monoisotopic (exact) mass is 300 g/mol. The van der Waals surface area contributed by atoms with Gasteiger partial charge in [0.1, 0.15) is 0 Å². The number of hydrogen-bond acceptors (Lipinski definition) is 2. The van der Waals surface area contributed by atoms with Crippen molar-refractivity contribution < 1.29 is 9.59 Å². The maximum Gasteiger partial charge on any atom is 0.232 e. The average molecular weight is 300 g/mol. The molecule has 118 valence electrons. The number of benzene rings is 1. The molecule has 3 rings (SSSR count). The van der Waals surface area contributed by atoms with E-state index in [1.54, 1.807) is 0 Å². The molecule has 0 aromatic heterocycles. The molecule has 2 atom stereocenters. The quantitative estimate of drug-likeness (QED) is 0.930. The first kappa shape index (κ1) is 15.1. The molecule has 2 aliphatic rings.